The zero-order chi connectivity index (χ0) is 22.2. The lowest BCUT2D eigenvalue weighted by Gasteiger charge is -2.37. The lowest BCUT2D eigenvalue weighted by molar-refractivity contribution is -0.121. The number of nitrogens with zero attached hydrogens (tertiary/aromatic N) is 3. The van der Waals surface area contributed by atoms with Gasteiger partial charge in [-0.25, -0.2) is 4.90 Å². The van der Waals surface area contributed by atoms with E-state index < -0.39 is 0 Å². The van der Waals surface area contributed by atoms with E-state index in [1.165, 1.54) is 17.7 Å². The quantitative estimate of drug-likeness (QED) is 0.692. The predicted molar refractivity (Wildman–Crippen MR) is 125 cm³/mol. The third-order valence-electron chi connectivity index (χ3n) is 6.44. The first-order valence-corrected chi connectivity index (χ1v) is 11.5. The van der Waals surface area contributed by atoms with Crippen LogP contribution in [0.4, 0.5) is 11.4 Å². The molecule has 6 nitrogen and oxygen atoms in total. The van der Waals surface area contributed by atoms with Crippen LogP contribution in [-0.4, -0.2) is 55.1 Å². The highest BCUT2D eigenvalue weighted by atomic mass is 16.5. The van der Waals surface area contributed by atoms with Crippen LogP contribution in [0.15, 0.2) is 60.3 Å². The Bertz CT molecular complexity index is 1030. The van der Waals surface area contributed by atoms with Crippen molar-refractivity contribution < 1.29 is 14.3 Å². The molecule has 0 aromatic heterocycles. The molecular formula is C26H29N3O3. The number of imide groups is 1. The Morgan fingerprint density at radius 3 is 1.97 bits per heavy atom. The topological polar surface area (TPSA) is 53.1 Å². The highest BCUT2D eigenvalue weighted by Crippen LogP contribution is 2.36. The molecule has 6 heteroatoms. The van der Waals surface area contributed by atoms with Gasteiger partial charge in [-0.1, -0.05) is 30.3 Å². The van der Waals surface area contributed by atoms with Gasteiger partial charge in [-0.05, 0) is 56.5 Å². The summed E-state index contributed by atoms with van der Waals surface area (Å²) in [6.45, 7) is 7.27. The van der Waals surface area contributed by atoms with Gasteiger partial charge in [0, 0.05) is 31.9 Å². The summed E-state index contributed by atoms with van der Waals surface area (Å²) in [6.07, 6.45) is 2.38. The molecule has 2 saturated heterocycles. The zero-order valence-corrected chi connectivity index (χ0v) is 18.7. The largest absolute Gasteiger partial charge is 0.372 e. The van der Waals surface area contributed by atoms with E-state index >= 15 is 0 Å². The second kappa shape index (κ2) is 8.43. The summed E-state index contributed by atoms with van der Waals surface area (Å²) in [5, 5.41) is 0. The molecule has 3 aliphatic heterocycles. The molecule has 3 heterocycles. The van der Waals surface area contributed by atoms with Crippen molar-refractivity contribution in [3.63, 3.8) is 0 Å². The van der Waals surface area contributed by atoms with Gasteiger partial charge in [0.2, 0.25) is 0 Å². The van der Waals surface area contributed by atoms with Crippen LogP contribution in [0.25, 0.3) is 5.57 Å². The van der Waals surface area contributed by atoms with Crippen LogP contribution in [0.5, 0.6) is 0 Å². The van der Waals surface area contributed by atoms with Crippen LogP contribution in [0.3, 0.4) is 0 Å². The van der Waals surface area contributed by atoms with Gasteiger partial charge in [-0.15, -0.1) is 0 Å². The third-order valence-corrected chi connectivity index (χ3v) is 6.44. The van der Waals surface area contributed by atoms with E-state index in [0.717, 1.165) is 24.3 Å². The molecule has 2 aromatic rings. The molecule has 0 bridgehead atoms. The van der Waals surface area contributed by atoms with Crippen LogP contribution in [-0.2, 0) is 14.3 Å². The molecule has 166 valence electrons. The summed E-state index contributed by atoms with van der Waals surface area (Å²) in [7, 11) is 0. The van der Waals surface area contributed by atoms with Crippen molar-refractivity contribution in [2.75, 3.05) is 36.0 Å². The fourth-order valence-corrected chi connectivity index (χ4v) is 5.06. The number of hydrogen-bond acceptors (Lipinski definition) is 5. The van der Waals surface area contributed by atoms with E-state index in [0.29, 0.717) is 30.0 Å². The van der Waals surface area contributed by atoms with Gasteiger partial charge in [0.05, 0.1) is 23.5 Å². The average Bonchev–Trinajstić information content (AvgIpc) is 3.40. The molecule has 0 N–H and O–H groups in total. The molecule has 2 amide bonds. The maximum absolute atomic E-state index is 13.7. The Kier molecular flexibility index (Phi) is 5.47. The summed E-state index contributed by atoms with van der Waals surface area (Å²) >= 11 is 0. The molecule has 0 aliphatic carbocycles. The first-order chi connectivity index (χ1) is 15.5. The number of morpholine rings is 1. The number of rotatable bonds is 4. The van der Waals surface area contributed by atoms with Crippen molar-refractivity contribution in [2.24, 2.45) is 0 Å². The van der Waals surface area contributed by atoms with Gasteiger partial charge in [0.1, 0.15) is 5.70 Å². The molecule has 0 radical (unpaired) electrons. The monoisotopic (exact) mass is 431 g/mol. The van der Waals surface area contributed by atoms with E-state index in [9.17, 15) is 9.59 Å². The molecule has 2 aromatic carbocycles. The molecule has 32 heavy (non-hydrogen) atoms. The molecule has 3 aliphatic rings. The number of carbonyl (C=O) groups is 2. The van der Waals surface area contributed by atoms with Crippen molar-refractivity contribution in [1.82, 2.24) is 4.90 Å². The maximum atomic E-state index is 13.7. The van der Waals surface area contributed by atoms with E-state index in [-0.39, 0.29) is 24.0 Å². The molecule has 2 unspecified atom stereocenters. The molecule has 2 atom stereocenters. The van der Waals surface area contributed by atoms with Gasteiger partial charge < -0.3 is 14.5 Å². The summed E-state index contributed by atoms with van der Waals surface area (Å²) < 4.78 is 5.87. The number of amides is 2. The average molecular weight is 432 g/mol. The maximum Gasteiger partial charge on any atom is 0.282 e. The van der Waals surface area contributed by atoms with Gasteiger partial charge in [-0.2, -0.15) is 0 Å². The van der Waals surface area contributed by atoms with Gasteiger partial charge in [0.15, 0.2) is 0 Å². The Hall–Kier alpha value is -3.12. The van der Waals surface area contributed by atoms with Gasteiger partial charge >= 0.3 is 0 Å². The highest BCUT2D eigenvalue weighted by Gasteiger charge is 2.43. The summed E-state index contributed by atoms with van der Waals surface area (Å²) in [5.74, 6) is -0.527. The summed E-state index contributed by atoms with van der Waals surface area (Å²) in [5.41, 5.74) is 3.47. The van der Waals surface area contributed by atoms with E-state index in [1.54, 1.807) is 0 Å². The molecule has 0 spiro atoms. The van der Waals surface area contributed by atoms with E-state index in [1.807, 2.05) is 73.3 Å². The van der Waals surface area contributed by atoms with Crippen LogP contribution in [0.2, 0.25) is 0 Å². The number of carbonyl (C=O) groups excluding carboxylic acids is 2. The minimum Gasteiger partial charge on any atom is -0.372 e. The van der Waals surface area contributed by atoms with Crippen LogP contribution in [0.1, 0.15) is 32.3 Å². The molecular weight excluding hydrogens is 402 g/mol. The molecule has 0 saturated carbocycles. The number of anilines is 2. The van der Waals surface area contributed by atoms with Crippen LogP contribution in [0, 0.1) is 0 Å². The van der Waals surface area contributed by atoms with Crippen LogP contribution < -0.4 is 9.80 Å². The van der Waals surface area contributed by atoms with E-state index in [4.69, 9.17) is 4.74 Å². The fourth-order valence-electron chi connectivity index (χ4n) is 5.06. The highest BCUT2D eigenvalue weighted by molar-refractivity contribution is 6.45. The second-order valence-corrected chi connectivity index (χ2v) is 8.91. The van der Waals surface area contributed by atoms with E-state index in [2.05, 4.69) is 4.90 Å². The second-order valence-electron chi connectivity index (χ2n) is 8.91. The van der Waals surface area contributed by atoms with Crippen LogP contribution >= 0.6 is 0 Å². The third kappa shape index (κ3) is 3.69. The molecule has 2 fully saturated rings. The Balaban J connectivity index is 1.52. The SMILES string of the molecule is CC1CN(C2=C(c3ccccc3)C(=O)N(c3ccc(N4CCCC4)cc3)C2=O)CC(C)O1. The minimum absolute atomic E-state index is 0.0139. The standard InChI is InChI=1S/C26H29N3O3/c1-18-16-28(17-19(2)32-18)24-23(20-8-4-3-5-9-20)25(30)29(26(24)31)22-12-10-21(11-13-22)27-14-6-7-15-27/h3-5,8-13,18-19H,6-7,14-17H2,1-2H3. The number of hydrogen-bond donors (Lipinski definition) is 0. The summed E-state index contributed by atoms with van der Waals surface area (Å²) in [4.78, 5) is 33.1. The van der Waals surface area contributed by atoms with Crippen molar-refractivity contribution >= 4 is 28.8 Å². The van der Waals surface area contributed by atoms with Gasteiger partial charge in [-0.3, -0.25) is 9.59 Å². The lowest BCUT2D eigenvalue weighted by Crippen LogP contribution is -2.47. The van der Waals surface area contributed by atoms with Crippen molar-refractivity contribution in [2.45, 2.75) is 38.9 Å². The normalized spacial score (nSPS) is 24.1. The Morgan fingerprint density at radius 2 is 1.34 bits per heavy atom. The number of benzene rings is 2. The summed E-state index contributed by atoms with van der Waals surface area (Å²) in [6, 6.07) is 17.3. The zero-order valence-electron chi connectivity index (χ0n) is 18.7. The minimum atomic E-state index is -0.267. The Labute approximate surface area is 189 Å². The molecule has 5 rings (SSSR count). The first-order valence-electron chi connectivity index (χ1n) is 11.5. The smallest absolute Gasteiger partial charge is 0.282 e. The van der Waals surface area contributed by atoms with Crippen molar-refractivity contribution in [1.29, 1.82) is 0 Å². The predicted octanol–water partition coefficient (Wildman–Crippen LogP) is 3.68. The number of ether oxygens (including phenoxy) is 1. The first kappa shape index (κ1) is 20.8. The van der Waals surface area contributed by atoms with Gasteiger partial charge in [0.25, 0.3) is 11.8 Å². The Morgan fingerprint density at radius 1 is 0.750 bits per heavy atom. The fraction of sp³-hybridized carbons (Fsp3) is 0.385. The van der Waals surface area contributed by atoms with Crippen molar-refractivity contribution in [3.05, 3.63) is 65.9 Å². The lowest BCUT2D eigenvalue weighted by atomic mass is 10.0. The van der Waals surface area contributed by atoms with Crippen molar-refractivity contribution in [3.8, 4) is 0 Å².